The second-order valence-electron chi connectivity index (χ2n) is 3.90. The highest BCUT2D eigenvalue weighted by Gasteiger charge is 2.05. The van der Waals surface area contributed by atoms with Crippen LogP contribution in [0.4, 0.5) is 0 Å². The molecule has 0 amide bonds. The number of hydrogen-bond donors (Lipinski definition) is 0. The standard InChI is InChI=1S/C15H15BrO2S/c1-17-14-9-12(7-8-15(14)19-2)18-10-11-5-3-4-6-13(11)16/h3-9H,10H2,1-2H3. The van der Waals surface area contributed by atoms with Crippen molar-refractivity contribution >= 4 is 27.7 Å². The van der Waals surface area contributed by atoms with E-state index in [1.54, 1.807) is 18.9 Å². The molecule has 4 heteroatoms. The molecular formula is C15H15BrO2S. The van der Waals surface area contributed by atoms with Crippen LogP contribution in [-0.4, -0.2) is 13.4 Å². The first-order chi connectivity index (χ1) is 9.24. The Kier molecular flexibility index (Phi) is 5.16. The Morgan fingerprint density at radius 1 is 1.16 bits per heavy atom. The molecular weight excluding hydrogens is 324 g/mol. The molecule has 0 radical (unpaired) electrons. The van der Waals surface area contributed by atoms with Crippen molar-refractivity contribution in [1.29, 1.82) is 0 Å². The minimum absolute atomic E-state index is 0.531. The maximum atomic E-state index is 5.80. The van der Waals surface area contributed by atoms with Crippen molar-refractivity contribution in [2.45, 2.75) is 11.5 Å². The van der Waals surface area contributed by atoms with E-state index < -0.39 is 0 Å². The zero-order chi connectivity index (χ0) is 13.7. The molecule has 0 unspecified atom stereocenters. The fourth-order valence-electron chi connectivity index (χ4n) is 1.68. The Labute approximate surface area is 126 Å². The summed E-state index contributed by atoms with van der Waals surface area (Å²) >= 11 is 5.17. The number of methoxy groups -OCH3 is 1. The van der Waals surface area contributed by atoms with Gasteiger partial charge in [-0.15, -0.1) is 11.8 Å². The summed E-state index contributed by atoms with van der Waals surface area (Å²) in [5.74, 6) is 1.66. The molecule has 0 bridgehead atoms. The summed E-state index contributed by atoms with van der Waals surface area (Å²) in [5.41, 5.74) is 1.12. The quantitative estimate of drug-likeness (QED) is 0.732. The van der Waals surface area contributed by atoms with Gasteiger partial charge in [0.05, 0.1) is 7.11 Å². The van der Waals surface area contributed by atoms with Crippen LogP contribution in [0.15, 0.2) is 51.8 Å². The first-order valence-electron chi connectivity index (χ1n) is 5.83. The lowest BCUT2D eigenvalue weighted by Gasteiger charge is -2.11. The first kappa shape index (κ1) is 14.3. The van der Waals surface area contributed by atoms with Crippen LogP contribution in [0, 0.1) is 0 Å². The number of thioether (sulfide) groups is 1. The molecule has 2 nitrogen and oxygen atoms in total. The van der Waals surface area contributed by atoms with Crippen molar-refractivity contribution in [3.05, 3.63) is 52.5 Å². The van der Waals surface area contributed by atoms with E-state index in [0.717, 1.165) is 26.4 Å². The normalized spacial score (nSPS) is 10.3. The van der Waals surface area contributed by atoms with Crippen LogP contribution in [0.1, 0.15) is 5.56 Å². The molecule has 0 aliphatic carbocycles. The Bertz CT molecular complexity index is 558. The van der Waals surface area contributed by atoms with Gasteiger partial charge in [-0.1, -0.05) is 34.1 Å². The lowest BCUT2D eigenvalue weighted by Crippen LogP contribution is -1.97. The molecule has 0 saturated carbocycles. The minimum atomic E-state index is 0.531. The van der Waals surface area contributed by atoms with E-state index in [1.165, 1.54) is 0 Å². The van der Waals surface area contributed by atoms with Crippen molar-refractivity contribution in [2.24, 2.45) is 0 Å². The van der Waals surface area contributed by atoms with Gasteiger partial charge in [0.25, 0.3) is 0 Å². The molecule has 100 valence electrons. The molecule has 0 aromatic heterocycles. The van der Waals surface area contributed by atoms with E-state index in [4.69, 9.17) is 9.47 Å². The predicted octanol–water partition coefficient (Wildman–Crippen LogP) is 4.76. The maximum Gasteiger partial charge on any atom is 0.136 e. The van der Waals surface area contributed by atoms with E-state index in [0.29, 0.717) is 6.61 Å². The molecule has 0 saturated heterocycles. The third-order valence-corrected chi connectivity index (χ3v) is 4.26. The van der Waals surface area contributed by atoms with Crippen molar-refractivity contribution in [3.8, 4) is 11.5 Å². The van der Waals surface area contributed by atoms with Gasteiger partial charge in [-0.3, -0.25) is 0 Å². The second kappa shape index (κ2) is 6.87. The topological polar surface area (TPSA) is 18.5 Å². The SMILES string of the molecule is COc1cc(OCc2ccccc2Br)ccc1SC. The van der Waals surface area contributed by atoms with Gasteiger partial charge in [0, 0.05) is 21.0 Å². The minimum Gasteiger partial charge on any atom is -0.495 e. The van der Waals surface area contributed by atoms with Crippen LogP contribution in [0.2, 0.25) is 0 Å². The van der Waals surface area contributed by atoms with Crippen molar-refractivity contribution in [2.75, 3.05) is 13.4 Å². The highest BCUT2D eigenvalue weighted by atomic mass is 79.9. The van der Waals surface area contributed by atoms with Crippen LogP contribution in [0.3, 0.4) is 0 Å². The monoisotopic (exact) mass is 338 g/mol. The zero-order valence-corrected chi connectivity index (χ0v) is 13.3. The molecule has 2 aromatic rings. The van der Waals surface area contributed by atoms with Gasteiger partial charge in [0.1, 0.15) is 18.1 Å². The van der Waals surface area contributed by atoms with E-state index in [9.17, 15) is 0 Å². The molecule has 0 spiro atoms. The van der Waals surface area contributed by atoms with Gasteiger partial charge >= 0.3 is 0 Å². The summed E-state index contributed by atoms with van der Waals surface area (Å²) in [7, 11) is 1.67. The van der Waals surface area contributed by atoms with Crippen molar-refractivity contribution in [1.82, 2.24) is 0 Å². The number of halogens is 1. The molecule has 0 aliphatic heterocycles. The van der Waals surface area contributed by atoms with E-state index in [2.05, 4.69) is 15.9 Å². The van der Waals surface area contributed by atoms with E-state index in [-0.39, 0.29) is 0 Å². The van der Waals surface area contributed by atoms with Crippen molar-refractivity contribution < 1.29 is 9.47 Å². The van der Waals surface area contributed by atoms with Crippen LogP contribution in [0.5, 0.6) is 11.5 Å². The molecule has 2 aromatic carbocycles. The third-order valence-electron chi connectivity index (χ3n) is 2.71. The zero-order valence-electron chi connectivity index (χ0n) is 10.9. The molecule has 0 atom stereocenters. The van der Waals surface area contributed by atoms with E-state index in [1.807, 2.05) is 48.7 Å². The van der Waals surface area contributed by atoms with E-state index >= 15 is 0 Å². The summed E-state index contributed by atoms with van der Waals surface area (Å²) in [6, 6.07) is 13.9. The fourth-order valence-corrected chi connectivity index (χ4v) is 2.63. The second-order valence-corrected chi connectivity index (χ2v) is 5.60. The number of ether oxygens (including phenoxy) is 2. The molecule has 0 N–H and O–H groups in total. The largest absolute Gasteiger partial charge is 0.495 e. The Morgan fingerprint density at radius 3 is 2.63 bits per heavy atom. The fraction of sp³-hybridized carbons (Fsp3) is 0.200. The van der Waals surface area contributed by atoms with Gasteiger partial charge in [0.2, 0.25) is 0 Å². The lowest BCUT2D eigenvalue weighted by atomic mass is 10.2. The number of hydrogen-bond acceptors (Lipinski definition) is 3. The Hall–Kier alpha value is -1.13. The Balaban J connectivity index is 2.10. The van der Waals surface area contributed by atoms with Crippen LogP contribution >= 0.6 is 27.7 Å². The third kappa shape index (κ3) is 3.67. The molecule has 0 heterocycles. The lowest BCUT2D eigenvalue weighted by molar-refractivity contribution is 0.302. The summed E-state index contributed by atoms with van der Waals surface area (Å²) < 4.78 is 12.2. The number of benzene rings is 2. The summed E-state index contributed by atoms with van der Waals surface area (Å²) in [6.45, 7) is 0.531. The van der Waals surface area contributed by atoms with Crippen LogP contribution in [-0.2, 0) is 6.61 Å². The highest BCUT2D eigenvalue weighted by molar-refractivity contribution is 9.10. The summed E-state index contributed by atoms with van der Waals surface area (Å²) in [4.78, 5) is 1.11. The maximum absolute atomic E-state index is 5.80. The number of rotatable bonds is 5. The average Bonchev–Trinajstić information content (AvgIpc) is 2.46. The molecule has 19 heavy (non-hydrogen) atoms. The van der Waals surface area contributed by atoms with Crippen LogP contribution in [0.25, 0.3) is 0 Å². The predicted molar refractivity (Wildman–Crippen MR) is 83.2 cm³/mol. The Morgan fingerprint density at radius 2 is 1.95 bits per heavy atom. The smallest absolute Gasteiger partial charge is 0.136 e. The van der Waals surface area contributed by atoms with Gasteiger partial charge in [-0.05, 0) is 24.5 Å². The van der Waals surface area contributed by atoms with Crippen molar-refractivity contribution in [3.63, 3.8) is 0 Å². The van der Waals surface area contributed by atoms with Crippen LogP contribution < -0.4 is 9.47 Å². The highest BCUT2D eigenvalue weighted by Crippen LogP contribution is 2.31. The molecule has 0 aliphatic rings. The van der Waals surface area contributed by atoms with Gasteiger partial charge in [-0.2, -0.15) is 0 Å². The molecule has 2 rings (SSSR count). The summed E-state index contributed by atoms with van der Waals surface area (Å²) in [5, 5.41) is 0. The molecule has 0 fully saturated rings. The van der Waals surface area contributed by atoms with Gasteiger partial charge in [-0.25, -0.2) is 0 Å². The summed E-state index contributed by atoms with van der Waals surface area (Å²) in [6.07, 6.45) is 2.03. The average molecular weight is 339 g/mol. The van der Waals surface area contributed by atoms with Gasteiger partial charge < -0.3 is 9.47 Å². The first-order valence-corrected chi connectivity index (χ1v) is 7.84. The van der Waals surface area contributed by atoms with Gasteiger partial charge in [0.15, 0.2) is 0 Å².